The van der Waals surface area contributed by atoms with E-state index in [4.69, 9.17) is 4.74 Å². The van der Waals surface area contributed by atoms with Gasteiger partial charge in [0.2, 0.25) is 11.5 Å². The molecule has 3 aromatic rings. The Morgan fingerprint density at radius 2 is 1.58 bits per heavy atom. The molecule has 0 aliphatic carbocycles. The molecule has 0 saturated carbocycles. The van der Waals surface area contributed by atoms with E-state index >= 15 is 0 Å². The Morgan fingerprint density at radius 1 is 0.962 bits per heavy atom. The fraction of sp³-hybridized carbons (Fsp3) is 0.333. The van der Waals surface area contributed by atoms with E-state index in [-0.39, 0.29) is 5.91 Å². The molecule has 26 heavy (non-hydrogen) atoms. The van der Waals surface area contributed by atoms with Crippen molar-refractivity contribution in [2.75, 3.05) is 6.61 Å². The predicted molar refractivity (Wildman–Crippen MR) is 103 cm³/mol. The highest BCUT2D eigenvalue weighted by Crippen LogP contribution is 2.14. The van der Waals surface area contributed by atoms with Gasteiger partial charge in [-0.25, -0.2) is 0 Å². The Hall–Kier alpha value is -2.82. The number of unbranched alkanes of at least 4 members (excludes halogenated alkanes) is 1. The molecule has 0 aliphatic heterocycles. The molecule has 0 radical (unpaired) electrons. The number of rotatable bonds is 7. The van der Waals surface area contributed by atoms with Crippen molar-refractivity contribution in [3.63, 3.8) is 0 Å². The highest BCUT2D eigenvalue weighted by Gasteiger charge is 2.12. The van der Waals surface area contributed by atoms with Crippen LogP contribution in [0.3, 0.4) is 0 Å². The Balaban J connectivity index is 1.98. The lowest BCUT2D eigenvalue weighted by Crippen LogP contribution is -2.29. The van der Waals surface area contributed by atoms with Crippen LogP contribution < -0.4 is 10.4 Å². The Kier molecular flexibility index (Phi) is 5.89. The predicted octanol–water partition coefficient (Wildman–Crippen LogP) is 3.77. The number of hydrogen-bond donors (Lipinski definition) is 0. The molecule has 0 saturated heterocycles. The Morgan fingerprint density at radius 3 is 2.19 bits per heavy atom. The minimum atomic E-state index is -0.191. The number of fused-ring (bicyclic) bond motifs is 1. The first-order valence-corrected chi connectivity index (χ1v) is 9.12. The van der Waals surface area contributed by atoms with E-state index in [9.17, 15) is 4.79 Å². The van der Waals surface area contributed by atoms with Crippen LogP contribution >= 0.6 is 0 Å². The maximum absolute atomic E-state index is 11.7. The highest BCUT2D eigenvalue weighted by molar-refractivity contribution is 5.77. The summed E-state index contributed by atoms with van der Waals surface area (Å²) in [6, 6.07) is 17.9. The van der Waals surface area contributed by atoms with Gasteiger partial charge in [0.25, 0.3) is 0 Å². The van der Waals surface area contributed by atoms with E-state index in [0.29, 0.717) is 18.8 Å². The first kappa shape index (κ1) is 18.0. The second kappa shape index (κ2) is 8.52. The summed E-state index contributed by atoms with van der Waals surface area (Å²) in [5.41, 5.74) is 2.87. The Bertz CT molecular complexity index is 939. The number of para-hydroxylation sites is 3. The Labute approximate surface area is 153 Å². The molecule has 136 valence electrons. The van der Waals surface area contributed by atoms with Crippen molar-refractivity contribution in [1.29, 1.82) is 0 Å². The van der Waals surface area contributed by atoms with Crippen LogP contribution in [0.2, 0.25) is 0 Å². The quantitative estimate of drug-likeness (QED) is 0.650. The van der Waals surface area contributed by atoms with Gasteiger partial charge in [0.15, 0.2) is 0 Å². The summed E-state index contributed by atoms with van der Waals surface area (Å²) in [6.07, 6.45) is 2.13. The van der Waals surface area contributed by atoms with Crippen LogP contribution in [0.1, 0.15) is 26.7 Å². The molecule has 0 N–H and O–H groups in total. The molecule has 1 aromatic heterocycles. The van der Waals surface area contributed by atoms with Gasteiger partial charge < -0.3 is 13.9 Å². The van der Waals surface area contributed by atoms with Crippen LogP contribution in [-0.4, -0.2) is 21.6 Å². The molecule has 1 heterocycles. The SMILES string of the molecule is CCCCn1c(=NC(C)=O)n(CCOc2ccccc2)c2ccccc21. The topological polar surface area (TPSA) is 48.5 Å². The molecule has 2 aromatic carbocycles. The first-order chi connectivity index (χ1) is 12.7. The van der Waals surface area contributed by atoms with E-state index in [2.05, 4.69) is 33.2 Å². The zero-order valence-corrected chi connectivity index (χ0v) is 15.4. The summed E-state index contributed by atoms with van der Waals surface area (Å²) in [6.45, 7) is 5.63. The van der Waals surface area contributed by atoms with Crippen molar-refractivity contribution in [1.82, 2.24) is 9.13 Å². The van der Waals surface area contributed by atoms with Gasteiger partial charge in [-0.05, 0) is 30.7 Å². The van der Waals surface area contributed by atoms with Gasteiger partial charge in [0, 0.05) is 13.5 Å². The summed E-state index contributed by atoms with van der Waals surface area (Å²) >= 11 is 0. The number of carbonyl (C=O) groups is 1. The summed E-state index contributed by atoms with van der Waals surface area (Å²) in [7, 11) is 0. The molecule has 0 bridgehead atoms. The normalized spacial score (nSPS) is 11.8. The van der Waals surface area contributed by atoms with Crippen LogP contribution in [0.5, 0.6) is 5.75 Å². The third kappa shape index (κ3) is 4.04. The number of amides is 1. The van der Waals surface area contributed by atoms with E-state index in [1.54, 1.807) is 0 Å². The minimum absolute atomic E-state index is 0.191. The van der Waals surface area contributed by atoms with Gasteiger partial charge >= 0.3 is 0 Å². The fourth-order valence-electron chi connectivity index (χ4n) is 3.07. The zero-order chi connectivity index (χ0) is 18.4. The van der Waals surface area contributed by atoms with E-state index in [0.717, 1.165) is 36.2 Å². The van der Waals surface area contributed by atoms with Crippen LogP contribution in [0, 0.1) is 0 Å². The summed E-state index contributed by atoms with van der Waals surface area (Å²) in [5, 5.41) is 0. The lowest BCUT2D eigenvalue weighted by atomic mass is 10.3. The first-order valence-electron chi connectivity index (χ1n) is 9.12. The molecule has 3 rings (SSSR count). The third-order valence-corrected chi connectivity index (χ3v) is 4.27. The molecular formula is C21H25N3O2. The van der Waals surface area contributed by atoms with Crippen molar-refractivity contribution in [3.8, 4) is 5.75 Å². The van der Waals surface area contributed by atoms with Crippen molar-refractivity contribution < 1.29 is 9.53 Å². The molecule has 0 aliphatic rings. The number of aryl methyl sites for hydroxylation is 1. The molecule has 0 unspecified atom stereocenters. The molecule has 5 nitrogen and oxygen atoms in total. The molecule has 0 atom stereocenters. The number of aromatic nitrogens is 2. The van der Waals surface area contributed by atoms with Gasteiger partial charge in [-0.1, -0.05) is 43.7 Å². The molecule has 1 amide bonds. The number of hydrogen-bond acceptors (Lipinski definition) is 2. The standard InChI is InChI=1S/C21H25N3O2/c1-3-4-14-23-19-12-8-9-13-20(19)24(21(23)22-17(2)25)15-16-26-18-10-6-5-7-11-18/h5-13H,3-4,14-16H2,1-2H3. The van der Waals surface area contributed by atoms with Crippen molar-refractivity contribution in [2.24, 2.45) is 4.99 Å². The lowest BCUT2D eigenvalue weighted by molar-refractivity contribution is -0.116. The third-order valence-electron chi connectivity index (χ3n) is 4.27. The summed E-state index contributed by atoms with van der Waals surface area (Å²) in [4.78, 5) is 16.0. The molecule has 0 spiro atoms. The molecule has 0 fully saturated rings. The van der Waals surface area contributed by atoms with Gasteiger partial charge in [-0.15, -0.1) is 0 Å². The van der Waals surface area contributed by atoms with Crippen LogP contribution in [-0.2, 0) is 17.9 Å². The van der Waals surface area contributed by atoms with E-state index < -0.39 is 0 Å². The van der Waals surface area contributed by atoms with Gasteiger partial charge in [-0.2, -0.15) is 4.99 Å². The number of ether oxygens (including phenoxy) is 1. The van der Waals surface area contributed by atoms with Gasteiger partial charge in [0.05, 0.1) is 17.6 Å². The maximum Gasteiger partial charge on any atom is 0.245 e. The van der Waals surface area contributed by atoms with Crippen molar-refractivity contribution in [2.45, 2.75) is 39.8 Å². The maximum atomic E-state index is 11.7. The number of imidazole rings is 1. The lowest BCUT2D eigenvalue weighted by Gasteiger charge is -2.08. The number of nitrogens with zero attached hydrogens (tertiary/aromatic N) is 3. The smallest absolute Gasteiger partial charge is 0.245 e. The van der Waals surface area contributed by atoms with Crippen LogP contribution in [0.25, 0.3) is 11.0 Å². The summed E-state index contributed by atoms with van der Waals surface area (Å²) in [5.74, 6) is 0.649. The van der Waals surface area contributed by atoms with E-state index in [1.165, 1.54) is 6.92 Å². The second-order valence-electron chi connectivity index (χ2n) is 6.24. The zero-order valence-electron chi connectivity index (χ0n) is 15.4. The summed E-state index contributed by atoms with van der Waals surface area (Å²) < 4.78 is 10.1. The fourth-order valence-corrected chi connectivity index (χ4v) is 3.07. The highest BCUT2D eigenvalue weighted by atomic mass is 16.5. The second-order valence-corrected chi connectivity index (χ2v) is 6.24. The minimum Gasteiger partial charge on any atom is -0.492 e. The molecular weight excluding hydrogens is 326 g/mol. The monoisotopic (exact) mass is 351 g/mol. The van der Waals surface area contributed by atoms with Crippen molar-refractivity contribution in [3.05, 3.63) is 60.2 Å². The van der Waals surface area contributed by atoms with Crippen molar-refractivity contribution >= 4 is 16.9 Å². The average Bonchev–Trinajstić information content (AvgIpc) is 2.93. The average molecular weight is 351 g/mol. The van der Waals surface area contributed by atoms with Crippen LogP contribution in [0.15, 0.2) is 59.6 Å². The van der Waals surface area contributed by atoms with E-state index in [1.807, 2.05) is 42.5 Å². The largest absolute Gasteiger partial charge is 0.492 e. The van der Waals surface area contributed by atoms with Gasteiger partial charge in [0.1, 0.15) is 12.4 Å². The van der Waals surface area contributed by atoms with Crippen LogP contribution in [0.4, 0.5) is 0 Å². The number of benzene rings is 2. The van der Waals surface area contributed by atoms with Gasteiger partial charge in [-0.3, -0.25) is 4.79 Å². The molecule has 5 heteroatoms. The number of carbonyl (C=O) groups excluding carboxylic acids is 1.